The first kappa shape index (κ1) is 17.5. The number of sulfonamides is 1. The second kappa shape index (κ2) is 6.38. The van der Waals surface area contributed by atoms with Crippen LogP contribution in [0.5, 0.6) is 0 Å². The molecule has 0 aliphatic carbocycles. The third kappa shape index (κ3) is 3.16. The van der Waals surface area contributed by atoms with Crippen LogP contribution in [0.1, 0.15) is 30.6 Å². The topological polar surface area (TPSA) is 93.1 Å². The lowest BCUT2D eigenvalue weighted by Gasteiger charge is -2.10. The van der Waals surface area contributed by atoms with Crippen molar-refractivity contribution < 1.29 is 13.2 Å². The number of anilines is 2. The molecule has 7 nitrogen and oxygen atoms in total. The van der Waals surface area contributed by atoms with Gasteiger partial charge in [0.15, 0.2) is 5.82 Å². The molecule has 1 amide bonds. The summed E-state index contributed by atoms with van der Waals surface area (Å²) in [5.74, 6) is 0.595. The van der Waals surface area contributed by atoms with Crippen LogP contribution in [0.15, 0.2) is 47.5 Å². The van der Waals surface area contributed by atoms with Crippen molar-refractivity contribution in [2.24, 2.45) is 5.92 Å². The Morgan fingerprint density at radius 1 is 1.19 bits per heavy atom. The van der Waals surface area contributed by atoms with E-state index in [2.05, 4.69) is 29.0 Å². The van der Waals surface area contributed by atoms with E-state index in [1.807, 2.05) is 0 Å². The molecule has 2 N–H and O–H groups in total. The maximum absolute atomic E-state index is 12.9. The van der Waals surface area contributed by atoms with E-state index in [1.165, 1.54) is 6.07 Å². The minimum absolute atomic E-state index is 0.122. The maximum Gasteiger partial charge on any atom is 0.263 e. The highest BCUT2D eigenvalue weighted by Gasteiger charge is 2.26. The van der Waals surface area contributed by atoms with E-state index in [0.29, 0.717) is 27.9 Å². The highest BCUT2D eigenvalue weighted by Crippen LogP contribution is 2.36. The van der Waals surface area contributed by atoms with Crippen LogP contribution in [0.25, 0.3) is 10.8 Å². The lowest BCUT2D eigenvalue weighted by molar-refractivity contribution is 0.103. The first-order chi connectivity index (χ1) is 12.8. The maximum atomic E-state index is 12.9. The number of hydrogen-bond acceptors (Lipinski definition) is 4. The first-order valence-electron chi connectivity index (χ1n) is 8.78. The zero-order valence-corrected chi connectivity index (χ0v) is 15.9. The van der Waals surface area contributed by atoms with Crippen LogP contribution in [0, 0.1) is 5.92 Å². The Balaban J connectivity index is 1.68. The lowest BCUT2D eigenvalue weighted by Crippen LogP contribution is -2.14. The summed E-state index contributed by atoms with van der Waals surface area (Å²) in [4.78, 5) is 12.1. The quantitative estimate of drug-likeness (QED) is 0.681. The van der Waals surface area contributed by atoms with Crippen molar-refractivity contribution in [3.63, 3.8) is 0 Å². The van der Waals surface area contributed by atoms with E-state index in [9.17, 15) is 13.2 Å². The molecule has 3 aromatic rings. The van der Waals surface area contributed by atoms with Gasteiger partial charge in [0.25, 0.3) is 15.9 Å². The Labute approximate surface area is 157 Å². The highest BCUT2D eigenvalue weighted by atomic mass is 32.2. The summed E-state index contributed by atoms with van der Waals surface area (Å²) >= 11 is 0. The van der Waals surface area contributed by atoms with Gasteiger partial charge in [-0.1, -0.05) is 26.0 Å². The molecule has 8 heteroatoms. The van der Waals surface area contributed by atoms with Crippen LogP contribution < -0.4 is 10.0 Å². The summed E-state index contributed by atoms with van der Waals surface area (Å²) in [5, 5.41) is 8.19. The normalized spacial score (nSPS) is 13.4. The SMILES string of the molecule is CC(C)CCn1ccc(NS(=O)(=O)c2ccc3c4c(cccc24)C(=O)N3)n1. The van der Waals surface area contributed by atoms with Crippen molar-refractivity contribution in [2.75, 3.05) is 10.0 Å². The number of rotatable bonds is 6. The molecule has 27 heavy (non-hydrogen) atoms. The van der Waals surface area contributed by atoms with Crippen LogP contribution >= 0.6 is 0 Å². The molecule has 0 atom stereocenters. The minimum atomic E-state index is -3.85. The predicted octanol–water partition coefficient (Wildman–Crippen LogP) is 3.45. The molecule has 2 heterocycles. The number of benzene rings is 2. The highest BCUT2D eigenvalue weighted by molar-refractivity contribution is 7.93. The van der Waals surface area contributed by atoms with Crippen molar-refractivity contribution >= 4 is 38.2 Å². The van der Waals surface area contributed by atoms with Crippen LogP contribution in [-0.4, -0.2) is 24.1 Å². The second-order valence-corrected chi connectivity index (χ2v) is 8.70. The van der Waals surface area contributed by atoms with E-state index in [-0.39, 0.29) is 16.6 Å². The summed E-state index contributed by atoms with van der Waals surface area (Å²) in [7, 11) is -3.85. The van der Waals surface area contributed by atoms with Crippen LogP contribution in [-0.2, 0) is 16.6 Å². The van der Waals surface area contributed by atoms with Gasteiger partial charge in [0.1, 0.15) is 0 Å². The molecule has 0 fully saturated rings. The number of carbonyl (C=O) groups excluding carboxylic acids is 1. The third-order valence-corrected chi connectivity index (χ3v) is 6.01. The Bertz CT molecular complexity index is 1150. The summed E-state index contributed by atoms with van der Waals surface area (Å²) in [6.07, 6.45) is 2.72. The van der Waals surface area contributed by atoms with Gasteiger partial charge in [-0.05, 0) is 30.5 Å². The first-order valence-corrected chi connectivity index (χ1v) is 10.3. The molecule has 1 aliphatic rings. The fourth-order valence-electron chi connectivity index (χ4n) is 3.22. The predicted molar refractivity (Wildman–Crippen MR) is 104 cm³/mol. The summed E-state index contributed by atoms with van der Waals surface area (Å²) in [6.45, 7) is 4.98. The number of nitrogens with one attached hydrogen (secondary N) is 2. The van der Waals surface area contributed by atoms with Crippen molar-refractivity contribution in [2.45, 2.75) is 31.7 Å². The number of aryl methyl sites for hydroxylation is 1. The van der Waals surface area contributed by atoms with Gasteiger partial charge >= 0.3 is 0 Å². The number of nitrogens with zero attached hydrogens (tertiary/aromatic N) is 2. The Morgan fingerprint density at radius 2 is 2.00 bits per heavy atom. The average molecular weight is 384 g/mol. The molecule has 4 rings (SSSR count). The van der Waals surface area contributed by atoms with Gasteiger partial charge in [0.2, 0.25) is 0 Å². The number of aromatic nitrogens is 2. The molecule has 0 radical (unpaired) electrons. The monoisotopic (exact) mass is 384 g/mol. The van der Waals surface area contributed by atoms with Gasteiger partial charge in [-0.15, -0.1) is 0 Å². The van der Waals surface area contributed by atoms with Crippen molar-refractivity contribution in [1.29, 1.82) is 0 Å². The molecule has 0 unspecified atom stereocenters. The molecule has 0 saturated carbocycles. The Hall–Kier alpha value is -2.87. The smallest absolute Gasteiger partial charge is 0.263 e. The van der Waals surface area contributed by atoms with Crippen molar-refractivity contribution in [1.82, 2.24) is 9.78 Å². The van der Waals surface area contributed by atoms with Crippen LogP contribution in [0.2, 0.25) is 0 Å². The number of carbonyl (C=O) groups is 1. The number of hydrogen-bond donors (Lipinski definition) is 2. The second-order valence-electron chi connectivity index (χ2n) is 7.05. The van der Waals surface area contributed by atoms with Gasteiger partial charge in [0.05, 0.1) is 4.90 Å². The van der Waals surface area contributed by atoms with E-state index < -0.39 is 10.0 Å². The standard InChI is InChI=1S/C19H20N4O3S/c1-12(2)8-10-23-11-9-17(21-23)22-27(25,26)16-7-6-15-18-13(16)4-3-5-14(18)19(24)20-15/h3-7,9,11-12H,8,10H2,1-2H3,(H,20,24)(H,21,22). The summed E-state index contributed by atoms with van der Waals surface area (Å²) in [6, 6.07) is 9.85. The Morgan fingerprint density at radius 3 is 2.78 bits per heavy atom. The molecule has 1 aromatic heterocycles. The Kier molecular flexibility index (Phi) is 4.15. The molecular formula is C19H20N4O3S. The molecule has 1 aliphatic heterocycles. The fourth-order valence-corrected chi connectivity index (χ4v) is 4.42. The van der Waals surface area contributed by atoms with E-state index in [1.54, 1.807) is 41.2 Å². The average Bonchev–Trinajstić information content (AvgIpc) is 3.18. The van der Waals surface area contributed by atoms with Gasteiger partial charge in [-0.2, -0.15) is 5.10 Å². The van der Waals surface area contributed by atoms with Crippen molar-refractivity contribution in [3.05, 3.63) is 48.2 Å². The molecule has 0 saturated heterocycles. The van der Waals surface area contributed by atoms with E-state index in [4.69, 9.17) is 0 Å². The van der Waals surface area contributed by atoms with Crippen LogP contribution in [0.3, 0.4) is 0 Å². The summed E-state index contributed by atoms with van der Waals surface area (Å²) < 4.78 is 30.2. The molecular weight excluding hydrogens is 364 g/mol. The van der Waals surface area contributed by atoms with E-state index >= 15 is 0 Å². The molecule has 140 valence electrons. The summed E-state index contributed by atoms with van der Waals surface area (Å²) in [5.41, 5.74) is 1.11. The largest absolute Gasteiger partial charge is 0.321 e. The van der Waals surface area contributed by atoms with Gasteiger partial charge in [0, 0.05) is 40.8 Å². The zero-order valence-electron chi connectivity index (χ0n) is 15.1. The molecule has 2 aromatic carbocycles. The molecule has 0 bridgehead atoms. The van der Waals surface area contributed by atoms with Gasteiger partial charge < -0.3 is 5.32 Å². The molecule has 0 spiro atoms. The van der Waals surface area contributed by atoms with Gasteiger partial charge in [-0.25, -0.2) is 8.42 Å². The van der Waals surface area contributed by atoms with Crippen molar-refractivity contribution in [3.8, 4) is 0 Å². The van der Waals surface area contributed by atoms with E-state index in [0.717, 1.165) is 13.0 Å². The third-order valence-electron chi connectivity index (χ3n) is 4.60. The zero-order chi connectivity index (χ0) is 19.2. The minimum Gasteiger partial charge on any atom is -0.321 e. The van der Waals surface area contributed by atoms with Gasteiger partial charge in [-0.3, -0.25) is 14.2 Å². The lowest BCUT2D eigenvalue weighted by atomic mass is 10.1. The number of amides is 1. The fraction of sp³-hybridized carbons (Fsp3) is 0.263. The van der Waals surface area contributed by atoms with Crippen LogP contribution in [0.4, 0.5) is 11.5 Å².